The fraction of sp³-hybridized carbons (Fsp3) is 0.500. The lowest BCUT2D eigenvalue weighted by molar-refractivity contribution is -0.139. The first-order valence-electron chi connectivity index (χ1n) is 9.84. The normalized spacial score (nSPS) is 25.4. The fourth-order valence-corrected chi connectivity index (χ4v) is 6.12. The van der Waals surface area contributed by atoms with Gasteiger partial charge in [0.15, 0.2) is 5.13 Å². The molecule has 1 amide bonds. The van der Waals surface area contributed by atoms with Crippen LogP contribution >= 0.6 is 11.3 Å². The number of thiophene rings is 1. The predicted molar refractivity (Wildman–Crippen MR) is 108 cm³/mol. The highest BCUT2D eigenvalue weighted by Crippen LogP contribution is 2.66. The third-order valence-corrected chi connectivity index (χ3v) is 7.71. The molecule has 27 heavy (non-hydrogen) atoms. The lowest BCUT2D eigenvalue weighted by atomic mass is 9.43. The van der Waals surface area contributed by atoms with Gasteiger partial charge in [-0.3, -0.25) is 4.79 Å². The summed E-state index contributed by atoms with van der Waals surface area (Å²) in [4.78, 5) is 16.0. The van der Waals surface area contributed by atoms with Crippen molar-refractivity contribution in [2.75, 3.05) is 16.8 Å². The molecule has 1 N–H and O–H groups in total. The molecule has 4 aliphatic rings. The minimum Gasteiger partial charge on any atom is -0.367 e. The highest BCUT2D eigenvalue weighted by atomic mass is 32.1. The van der Waals surface area contributed by atoms with E-state index < -0.39 is 0 Å². The molecule has 0 atom stereocenters. The molecule has 3 fully saturated rings. The van der Waals surface area contributed by atoms with Crippen LogP contribution in [0.4, 0.5) is 15.8 Å². The van der Waals surface area contributed by atoms with E-state index >= 15 is 0 Å². The number of aryl methyl sites for hydroxylation is 2. The van der Waals surface area contributed by atoms with Crippen LogP contribution in [0.2, 0.25) is 0 Å². The Morgan fingerprint density at radius 2 is 1.96 bits per heavy atom. The topological polar surface area (TPSA) is 32.3 Å². The van der Waals surface area contributed by atoms with Gasteiger partial charge in [0.25, 0.3) is 0 Å². The van der Waals surface area contributed by atoms with E-state index in [1.54, 1.807) is 6.07 Å². The zero-order valence-electron chi connectivity index (χ0n) is 15.9. The second kappa shape index (κ2) is 6.06. The number of carbonyl (C=O) groups excluding carboxylic acids is 1. The summed E-state index contributed by atoms with van der Waals surface area (Å²) in [6.07, 6.45) is 5.30. The molecule has 142 valence electrons. The molecule has 2 heterocycles. The molecule has 2 bridgehead atoms. The van der Waals surface area contributed by atoms with Crippen LogP contribution in [0.5, 0.6) is 0 Å². The number of rotatable bonds is 4. The number of benzene rings is 1. The Morgan fingerprint density at radius 3 is 2.59 bits per heavy atom. The molecule has 1 aliphatic heterocycles. The van der Waals surface area contributed by atoms with Crippen molar-refractivity contribution in [1.29, 1.82) is 0 Å². The van der Waals surface area contributed by atoms with Gasteiger partial charge in [-0.15, -0.1) is 11.3 Å². The Bertz CT molecular complexity index is 894. The van der Waals surface area contributed by atoms with Gasteiger partial charge in [-0.25, -0.2) is 0 Å². The fourth-order valence-electron chi connectivity index (χ4n) is 5.24. The first-order valence-corrected chi connectivity index (χ1v) is 10.7. The smallest absolute Gasteiger partial charge is 0.224 e. The number of halogens is 1. The largest absolute Gasteiger partial charge is 0.367 e. The van der Waals surface area contributed by atoms with Gasteiger partial charge in [0.05, 0.1) is 0 Å². The third kappa shape index (κ3) is 2.96. The Kier molecular flexibility index (Phi) is 3.87. The monoisotopic (exact) mass is 384 g/mol. The summed E-state index contributed by atoms with van der Waals surface area (Å²) in [5, 5.41) is 3.08. The summed E-state index contributed by atoms with van der Waals surface area (Å²) < 4.78 is 13.5. The standard InChI is InChI=1S/C22H25FN2OS/c1-13-5-17(25-4-3-18-16(12-25)7-19(23)27-18)6-14(2)21(13)24-20(26)11-22-8-15(9-22)10-22/h5-7,15H,3-4,8-12H2,1-2H3,(H,24,26). The zero-order valence-corrected chi connectivity index (χ0v) is 16.7. The number of nitrogens with zero attached hydrogens (tertiary/aromatic N) is 1. The van der Waals surface area contributed by atoms with Crippen molar-refractivity contribution in [2.24, 2.45) is 11.3 Å². The van der Waals surface area contributed by atoms with Crippen LogP contribution in [0.25, 0.3) is 0 Å². The average Bonchev–Trinajstić information content (AvgIpc) is 2.92. The number of nitrogens with one attached hydrogen (secondary N) is 1. The van der Waals surface area contributed by atoms with Crippen LogP contribution in [-0.4, -0.2) is 12.5 Å². The lowest BCUT2D eigenvalue weighted by Crippen LogP contribution is -2.53. The summed E-state index contributed by atoms with van der Waals surface area (Å²) >= 11 is 1.28. The Balaban J connectivity index is 1.31. The molecule has 1 aromatic heterocycles. The number of anilines is 2. The van der Waals surface area contributed by atoms with E-state index in [1.165, 1.54) is 35.5 Å². The van der Waals surface area contributed by atoms with Gasteiger partial charge >= 0.3 is 0 Å². The first kappa shape index (κ1) is 17.2. The SMILES string of the molecule is Cc1cc(N2CCc3sc(F)cc3C2)cc(C)c1NC(=O)CC12CC(C1)C2. The molecule has 3 nitrogen and oxygen atoms in total. The van der Waals surface area contributed by atoms with Crippen LogP contribution in [0, 0.1) is 30.3 Å². The van der Waals surface area contributed by atoms with Crippen molar-refractivity contribution in [3.05, 3.63) is 44.9 Å². The Morgan fingerprint density at radius 1 is 1.26 bits per heavy atom. The molecule has 0 unspecified atom stereocenters. The number of fused-ring (bicyclic) bond motifs is 1. The number of hydrogen-bond acceptors (Lipinski definition) is 3. The predicted octanol–water partition coefficient (Wildman–Crippen LogP) is 5.20. The second-order valence-electron chi connectivity index (χ2n) is 8.83. The average molecular weight is 385 g/mol. The van der Waals surface area contributed by atoms with Crippen LogP contribution in [0.3, 0.4) is 0 Å². The summed E-state index contributed by atoms with van der Waals surface area (Å²) in [5.41, 5.74) is 5.73. The summed E-state index contributed by atoms with van der Waals surface area (Å²) in [6, 6.07) is 5.97. The number of hydrogen-bond donors (Lipinski definition) is 1. The first-order chi connectivity index (χ1) is 12.9. The van der Waals surface area contributed by atoms with E-state index in [-0.39, 0.29) is 11.0 Å². The van der Waals surface area contributed by atoms with Crippen LogP contribution in [0.1, 0.15) is 47.3 Å². The summed E-state index contributed by atoms with van der Waals surface area (Å²) in [6.45, 7) is 5.78. The van der Waals surface area contributed by atoms with E-state index in [9.17, 15) is 9.18 Å². The minimum atomic E-state index is -0.0871. The van der Waals surface area contributed by atoms with Gasteiger partial charge in [0.1, 0.15) is 0 Å². The minimum absolute atomic E-state index is 0.0871. The number of amides is 1. The third-order valence-electron chi connectivity index (χ3n) is 6.68. The maximum Gasteiger partial charge on any atom is 0.224 e. The number of carbonyl (C=O) groups is 1. The molecule has 6 rings (SSSR count). The molecule has 3 saturated carbocycles. The molecular formula is C22H25FN2OS. The van der Waals surface area contributed by atoms with Gasteiger partial charge < -0.3 is 10.2 Å². The van der Waals surface area contributed by atoms with E-state index in [2.05, 4.69) is 36.2 Å². The van der Waals surface area contributed by atoms with Gasteiger partial charge in [0, 0.05) is 35.8 Å². The molecule has 1 aromatic carbocycles. The molecule has 3 aliphatic carbocycles. The zero-order chi connectivity index (χ0) is 18.8. The van der Waals surface area contributed by atoms with E-state index in [4.69, 9.17) is 0 Å². The second-order valence-corrected chi connectivity index (χ2v) is 9.92. The van der Waals surface area contributed by atoms with Crippen molar-refractivity contribution in [3.63, 3.8) is 0 Å². The quantitative estimate of drug-likeness (QED) is 0.786. The maximum atomic E-state index is 13.5. The van der Waals surface area contributed by atoms with Gasteiger partial charge in [0.2, 0.25) is 5.91 Å². The van der Waals surface area contributed by atoms with Crippen molar-refractivity contribution in [3.8, 4) is 0 Å². The Hall–Kier alpha value is -1.88. The molecule has 0 spiro atoms. The summed E-state index contributed by atoms with van der Waals surface area (Å²) in [7, 11) is 0. The van der Waals surface area contributed by atoms with Crippen LogP contribution in [0.15, 0.2) is 18.2 Å². The van der Waals surface area contributed by atoms with Crippen molar-refractivity contribution < 1.29 is 9.18 Å². The summed E-state index contributed by atoms with van der Waals surface area (Å²) in [5.74, 6) is 1.06. The molecule has 2 aromatic rings. The molecule has 0 radical (unpaired) electrons. The van der Waals surface area contributed by atoms with Crippen molar-refractivity contribution in [1.82, 2.24) is 0 Å². The molecular weight excluding hydrogens is 359 g/mol. The Labute approximate surface area is 163 Å². The van der Waals surface area contributed by atoms with Gasteiger partial charge in [-0.05, 0) is 85.8 Å². The van der Waals surface area contributed by atoms with E-state index in [0.29, 0.717) is 11.8 Å². The van der Waals surface area contributed by atoms with E-state index in [1.807, 2.05) is 0 Å². The van der Waals surface area contributed by atoms with Crippen LogP contribution in [-0.2, 0) is 17.8 Å². The van der Waals surface area contributed by atoms with Crippen LogP contribution < -0.4 is 10.2 Å². The highest BCUT2D eigenvalue weighted by molar-refractivity contribution is 7.10. The van der Waals surface area contributed by atoms with Gasteiger partial charge in [-0.1, -0.05) is 0 Å². The highest BCUT2D eigenvalue weighted by Gasteiger charge is 2.56. The van der Waals surface area contributed by atoms with Crippen molar-refractivity contribution >= 4 is 28.6 Å². The molecule has 0 saturated heterocycles. The lowest BCUT2D eigenvalue weighted by Gasteiger charge is -2.61. The van der Waals surface area contributed by atoms with E-state index in [0.717, 1.165) is 53.5 Å². The molecule has 5 heteroatoms. The van der Waals surface area contributed by atoms with Crippen molar-refractivity contribution in [2.45, 2.75) is 52.5 Å². The van der Waals surface area contributed by atoms with Gasteiger partial charge in [-0.2, -0.15) is 4.39 Å². The maximum absolute atomic E-state index is 13.5.